The second-order valence-corrected chi connectivity index (χ2v) is 26.0. The molecule has 0 spiro atoms. The summed E-state index contributed by atoms with van der Waals surface area (Å²) in [6.07, 6.45) is 9.30. The van der Waals surface area contributed by atoms with Gasteiger partial charge in [-0.15, -0.1) is 11.5 Å². The summed E-state index contributed by atoms with van der Waals surface area (Å²) in [5.74, 6) is 3.98. The molecule has 28 heavy (non-hydrogen) atoms. The van der Waals surface area contributed by atoms with Crippen LogP contribution >= 0.6 is 0 Å². The van der Waals surface area contributed by atoms with Gasteiger partial charge in [-0.05, 0) is 18.4 Å². The van der Waals surface area contributed by atoms with Gasteiger partial charge in [0.25, 0.3) is 0 Å². The van der Waals surface area contributed by atoms with Gasteiger partial charge in [0.15, 0.2) is 0 Å². The highest BCUT2D eigenvalue weighted by atomic mass is 28.3. The Labute approximate surface area is 178 Å². The summed E-state index contributed by atoms with van der Waals surface area (Å²) < 4.78 is 0. The number of benzene rings is 1. The maximum Gasteiger partial charge on any atom is 0.129 e. The third kappa shape index (κ3) is 6.90. The van der Waals surface area contributed by atoms with Gasteiger partial charge in [0.2, 0.25) is 0 Å². The summed E-state index contributed by atoms with van der Waals surface area (Å²) >= 11 is 0. The Balaban J connectivity index is 2.14. The summed E-state index contributed by atoms with van der Waals surface area (Å²) in [6, 6.07) is 13.6. The van der Waals surface area contributed by atoms with Gasteiger partial charge in [-0.1, -0.05) is 119 Å². The van der Waals surface area contributed by atoms with Gasteiger partial charge in [0.1, 0.15) is 8.07 Å². The fraction of sp³-hybridized carbons (Fsp3) is 0.600. The predicted molar refractivity (Wildman–Crippen MR) is 137 cm³/mol. The van der Waals surface area contributed by atoms with Crippen molar-refractivity contribution >= 4 is 30.3 Å². The van der Waals surface area contributed by atoms with Gasteiger partial charge >= 0.3 is 0 Å². The van der Waals surface area contributed by atoms with Crippen LogP contribution in [0.3, 0.4) is 0 Å². The minimum Gasteiger partial charge on any atom is -0.132 e. The van der Waals surface area contributed by atoms with Crippen molar-refractivity contribution in [1.29, 1.82) is 0 Å². The van der Waals surface area contributed by atoms with Crippen molar-refractivity contribution in [3.8, 4) is 11.5 Å². The van der Waals surface area contributed by atoms with Crippen molar-refractivity contribution in [2.45, 2.75) is 95.1 Å². The molecule has 0 aliphatic heterocycles. The first-order valence-corrected chi connectivity index (χ1v) is 21.2. The smallest absolute Gasteiger partial charge is 0.129 e. The predicted octanol–water partition coefficient (Wildman–Crippen LogP) is 8.24. The Kier molecular flexibility index (Phi) is 7.81. The molecule has 3 heteroatoms. The highest BCUT2D eigenvalue weighted by molar-refractivity contribution is 6.87. The zero-order valence-corrected chi connectivity index (χ0v) is 22.5. The average Bonchev–Trinajstić information content (AvgIpc) is 2.64. The SMILES string of the molecule is C[Si](C)(C)C#CC1([Si](C)(C)CC[Si](C)(C)C=Cc2ccccc2)CCCCC1. The second kappa shape index (κ2) is 9.32. The summed E-state index contributed by atoms with van der Waals surface area (Å²) in [4.78, 5) is 0. The van der Waals surface area contributed by atoms with Crippen molar-refractivity contribution < 1.29 is 0 Å². The molecule has 0 unspecified atom stereocenters. The fourth-order valence-electron chi connectivity index (χ4n) is 4.28. The van der Waals surface area contributed by atoms with Gasteiger partial charge in [-0.25, -0.2) is 0 Å². The highest BCUT2D eigenvalue weighted by Crippen LogP contribution is 2.52. The molecule has 0 radical (unpaired) electrons. The van der Waals surface area contributed by atoms with Crippen LogP contribution in [0.1, 0.15) is 37.7 Å². The average molecular weight is 427 g/mol. The topological polar surface area (TPSA) is 0 Å². The molecule has 0 saturated heterocycles. The van der Waals surface area contributed by atoms with Crippen molar-refractivity contribution in [1.82, 2.24) is 0 Å². The normalized spacial score (nSPS) is 18.0. The molecule has 154 valence electrons. The first kappa shape index (κ1) is 23.4. The van der Waals surface area contributed by atoms with Crippen LogP contribution in [0.15, 0.2) is 36.0 Å². The molecule has 0 aromatic heterocycles. The van der Waals surface area contributed by atoms with Crippen LogP contribution in [-0.2, 0) is 0 Å². The summed E-state index contributed by atoms with van der Waals surface area (Å²) in [5.41, 5.74) is 7.70. The van der Waals surface area contributed by atoms with Gasteiger partial charge < -0.3 is 0 Å². The Hall–Kier alpha value is -0.829. The van der Waals surface area contributed by atoms with E-state index in [0.29, 0.717) is 5.04 Å². The van der Waals surface area contributed by atoms with Gasteiger partial charge in [-0.2, -0.15) is 0 Å². The molecule has 0 heterocycles. The van der Waals surface area contributed by atoms with Crippen LogP contribution in [0.25, 0.3) is 6.08 Å². The zero-order valence-electron chi connectivity index (χ0n) is 19.5. The molecule has 0 bridgehead atoms. The zero-order chi connectivity index (χ0) is 20.9. The molecule has 0 amide bonds. The summed E-state index contributed by atoms with van der Waals surface area (Å²) in [7, 11) is -4.08. The van der Waals surface area contributed by atoms with Crippen molar-refractivity contribution in [2.75, 3.05) is 0 Å². The lowest BCUT2D eigenvalue weighted by Gasteiger charge is -2.46. The number of hydrogen-bond acceptors (Lipinski definition) is 0. The molecule has 1 aliphatic rings. The molecule has 1 fully saturated rings. The lowest BCUT2D eigenvalue weighted by Crippen LogP contribution is -2.44. The van der Waals surface area contributed by atoms with E-state index in [2.05, 4.69) is 99.4 Å². The first-order chi connectivity index (χ1) is 12.9. The standard InChI is InChI=1S/C25H42Si3/c1-26(2,3)21-19-25(17-12-9-13-18-25)28(6,7)23-22-27(4,5)20-16-24-14-10-8-11-15-24/h8,10-11,14-16,20H,9,12-13,17-18,22-23H2,1-7H3. The van der Waals surface area contributed by atoms with Crippen LogP contribution in [-0.4, -0.2) is 24.2 Å². The van der Waals surface area contributed by atoms with Gasteiger partial charge in [0, 0.05) is 5.04 Å². The monoisotopic (exact) mass is 426 g/mol. The number of hydrogen-bond donors (Lipinski definition) is 0. The largest absolute Gasteiger partial charge is 0.132 e. The van der Waals surface area contributed by atoms with E-state index in [9.17, 15) is 0 Å². The van der Waals surface area contributed by atoms with E-state index >= 15 is 0 Å². The maximum atomic E-state index is 3.98. The lowest BCUT2D eigenvalue weighted by atomic mass is 9.89. The minimum atomic E-state index is -1.42. The van der Waals surface area contributed by atoms with Crippen LogP contribution in [0.2, 0.25) is 63.0 Å². The maximum absolute atomic E-state index is 3.98. The third-order valence-electron chi connectivity index (χ3n) is 6.60. The van der Waals surface area contributed by atoms with Gasteiger partial charge in [0.05, 0.1) is 16.1 Å². The Morgan fingerprint density at radius 1 is 0.857 bits per heavy atom. The lowest BCUT2D eigenvalue weighted by molar-refractivity contribution is 0.431. The molecular weight excluding hydrogens is 385 g/mol. The fourth-order valence-corrected chi connectivity index (χ4v) is 13.5. The second-order valence-electron chi connectivity index (χ2n) is 11.3. The van der Waals surface area contributed by atoms with E-state index < -0.39 is 24.2 Å². The molecule has 1 saturated carbocycles. The molecule has 0 atom stereocenters. The van der Waals surface area contributed by atoms with Crippen molar-refractivity contribution in [3.63, 3.8) is 0 Å². The summed E-state index contributed by atoms with van der Waals surface area (Å²) in [5, 5.41) is 0.374. The molecular formula is C25H42Si3. The quantitative estimate of drug-likeness (QED) is 0.317. The Morgan fingerprint density at radius 2 is 1.46 bits per heavy atom. The molecule has 1 aromatic rings. The van der Waals surface area contributed by atoms with E-state index in [4.69, 9.17) is 0 Å². The van der Waals surface area contributed by atoms with E-state index in [1.165, 1.54) is 49.8 Å². The minimum absolute atomic E-state index is 0.374. The molecule has 0 N–H and O–H groups in total. The number of rotatable bonds is 6. The van der Waals surface area contributed by atoms with E-state index in [1.807, 2.05) is 0 Å². The van der Waals surface area contributed by atoms with Gasteiger partial charge in [-0.3, -0.25) is 0 Å². The van der Waals surface area contributed by atoms with E-state index in [-0.39, 0.29) is 0 Å². The van der Waals surface area contributed by atoms with Crippen LogP contribution < -0.4 is 0 Å². The molecule has 0 nitrogen and oxygen atoms in total. The summed E-state index contributed by atoms with van der Waals surface area (Å²) in [6.45, 7) is 17.6. The van der Waals surface area contributed by atoms with Crippen molar-refractivity contribution in [3.05, 3.63) is 41.6 Å². The third-order valence-corrected chi connectivity index (χ3v) is 15.3. The Bertz CT molecular complexity index is 706. The highest BCUT2D eigenvalue weighted by Gasteiger charge is 2.46. The van der Waals surface area contributed by atoms with E-state index in [0.717, 1.165) is 0 Å². The van der Waals surface area contributed by atoms with E-state index in [1.54, 1.807) is 0 Å². The van der Waals surface area contributed by atoms with Crippen LogP contribution in [0.4, 0.5) is 0 Å². The van der Waals surface area contributed by atoms with Crippen LogP contribution in [0, 0.1) is 11.5 Å². The molecule has 1 aromatic carbocycles. The molecule has 2 rings (SSSR count). The molecule has 1 aliphatic carbocycles. The van der Waals surface area contributed by atoms with Crippen molar-refractivity contribution in [2.24, 2.45) is 0 Å². The Morgan fingerprint density at radius 3 is 2.04 bits per heavy atom. The first-order valence-electron chi connectivity index (χ1n) is 11.2. The van der Waals surface area contributed by atoms with Crippen LogP contribution in [0.5, 0.6) is 0 Å².